The summed E-state index contributed by atoms with van der Waals surface area (Å²) >= 11 is 0. The zero-order valence-corrected chi connectivity index (χ0v) is 14.5. The number of amides is 2. The Bertz CT molecular complexity index is 683. The van der Waals surface area contributed by atoms with Crippen LogP contribution < -0.4 is 5.32 Å². The predicted octanol–water partition coefficient (Wildman–Crippen LogP) is 1.92. The van der Waals surface area contributed by atoms with E-state index in [9.17, 15) is 14.4 Å². The summed E-state index contributed by atoms with van der Waals surface area (Å²) in [5.41, 5.74) is 0.561. The third-order valence-electron chi connectivity index (χ3n) is 3.96. The van der Waals surface area contributed by atoms with Crippen molar-refractivity contribution in [2.45, 2.75) is 51.6 Å². The summed E-state index contributed by atoms with van der Waals surface area (Å²) in [6.45, 7) is 3.85. The van der Waals surface area contributed by atoms with Gasteiger partial charge in [-0.2, -0.15) is 5.10 Å². The first-order valence-electron chi connectivity index (χ1n) is 8.23. The van der Waals surface area contributed by atoms with Crippen LogP contribution in [0.3, 0.4) is 0 Å². The van der Waals surface area contributed by atoms with E-state index in [4.69, 9.17) is 5.11 Å². The summed E-state index contributed by atoms with van der Waals surface area (Å²) in [7, 11) is 0. The molecular formula is C18H23N3O4. The Morgan fingerprint density at radius 3 is 2.56 bits per heavy atom. The van der Waals surface area contributed by atoms with E-state index < -0.39 is 11.5 Å². The smallest absolute Gasteiger partial charge is 0.303 e. The van der Waals surface area contributed by atoms with Gasteiger partial charge < -0.3 is 10.4 Å². The molecule has 0 radical (unpaired) electrons. The molecule has 0 spiro atoms. The molecule has 0 aliphatic carbocycles. The first-order valence-corrected chi connectivity index (χ1v) is 8.23. The lowest BCUT2D eigenvalue weighted by molar-refractivity contribution is -0.138. The van der Waals surface area contributed by atoms with E-state index in [1.54, 1.807) is 13.8 Å². The minimum atomic E-state index is -0.906. The van der Waals surface area contributed by atoms with Crippen LogP contribution in [0.5, 0.6) is 0 Å². The highest BCUT2D eigenvalue weighted by atomic mass is 16.4. The minimum Gasteiger partial charge on any atom is -0.481 e. The number of carboxylic acids is 1. The molecule has 0 saturated carbocycles. The molecule has 134 valence electrons. The van der Waals surface area contributed by atoms with Crippen LogP contribution in [-0.4, -0.2) is 39.1 Å². The minimum absolute atomic E-state index is 0.0294. The van der Waals surface area contributed by atoms with Crippen molar-refractivity contribution in [1.82, 2.24) is 10.3 Å². The highest BCUT2D eigenvalue weighted by Crippen LogP contribution is 2.16. The Hall–Kier alpha value is -2.70. The van der Waals surface area contributed by atoms with E-state index in [1.807, 2.05) is 30.3 Å². The van der Waals surface area contributed by atoms with Crippen molar-refractivity contribution in [1.29, 1.82) is 0 Å². The van der Waals surface area contributed by atoms with Gasteiger partial charge in [0, 0.05) is 24.8 Å². The lowest BCUT2D eigenvalue weighted by Crippen LogP contribution is -2.48. The fraction of sp³-hybridized carbons (Fsp3) is 0.444. The number of hydrogen-bond acceptors (Lipinski definition) is 4. The van der Waals surface area contributed by atoms with Gasteiger partial charge in [0.2, 0.25) is 5.91 Å². The largest absolute Gasteiger partial charge is 0.481 e. The molecule has 2 rings (SSSR count). The monoisotopic (exact) mass is 345 g/mol. The van der Waals surface area contributed by atoms with Crippen LogP contribution >= 0.6 is 0 Å². The van der Waals surface area contributed by atoms with Gasteiger partial charge in [0.15, 0.2) is 0 Å². The first-order chi connectivity index (χ1) is 11.8. The van der Waals surface area contributed by atoms with Gasteiger partial charge in [0.25, 0.3) is 5.91 Å². The lowest BCUT2D eigenvalue weighted by Gasteiger charge is -2.28. The molecule has 1 aliphatic rings. The maximum Gasteiger partial charge on any atom is 0.303 e. The van der Waals surface area contributed by atoms with Crippen molar-refractivity contribution in [3.8, 4) is 0 Å². The Morgan fingerprint density at radius 1 is 1.24 bits per heavy atom. The zero-order valence-electron chi connectivity index (χ0n) is 14.5. The van der Waals surface area contributed by atoms with Crippen molar-refractivity contribution in [3.05, 3.63) is 35.9 Å². The lowest BCUT2D eigenvalue weighted by atomic mass is 9.97. The van der Waals surface area contributed by atoms with Crippen LogP contribution in [0.25, 0.3) is 0 Å². The molecule has 0 fully saturated rings. The maximum absolute atomic E-state index is 12.4. The van der Waals surface area contributed by atoms with Gasteiger partial charge in [-0.15, -0.1) is 0 Å². The number of carboxylic acid groups (broad SMARTS) is 1. The van der Waals surface area contributed by atoms with Crippen LogP contribution in [0.1, 0.15) is 45.1 Å². The molecule has 2 amide bonds. The Morgan fingerprint density at radius 2 is 1.92 bits per heavy atom. The predicted molar refractivity (Wildman–Crippen MR) is 92.8 cm³/mol. The normalized spacial score (nSPS) is 14.9. The SMILES string of the molecule is CC(C)(CCC(=O)O)NC(=O)C1=NN(Cc2ccccc2)C(=O)CC1. The Kier molecular flexibility index (Phi) is 5.90. The van der Waals surface area contributed by atoms with E-state index in [0.29, 0.717) is 18.7 Å². The molecule has 0 unspecified atom stereocenters. The van der Waals surface area contributed by atoms with E-state index >= 15 is 0 Å². The number of rotatable bonds is 7. The van der Waals surface area contributed by atoms with E-state index in [1.165, 1.54) is 5.01 Å². The van der Waals surface area contributed by atoms with Gasteiger partial charge >= 0.3 is 5.97 Å². The first kappa shape index (κ1) is 18.6. The molecular weight excluding hydrogens is 322 g/mol. The molecule has 1 heterocycles. The van der Waals surface area contributed by atoms with Gasteiger partial charge in [0.1, 0.15) is 5.71 Å². The van der Waals surface area contributed by atoms with Gasteiger partial charge in [-0.1, -0.05) is 30.3 Å². The molecule has 7 nitrogen and oxygen atoms in total. The second kappa shape index (κ2) is 7.92. The van der Waals surface area contributed by atoms with Gasteiger partial charge in [-0.05, 0) is 25.8 Å². The molecule has 1 aromatic rings. The maximum atomic E-state index is 12.4. The van der Waals surface area contributed by atoms with Crippen LogP contribution in [0, 0.1) is 0 Å². The third-order valence-corrected chi connectivity index (χ3v) is 3.96. The average Bonchev–Trinajstić information content (AvgIpc) is 2.55. The fourth-order valence-corrected chi connectivity index (χ4v) is 2.51. The number of carbonyl (C=O) groups excluding carboxylic acids is 2. The van der Waals surface area contributed by atoms with Gasteiger partial charge in [0.05, 0.1) is 6.54 Å². The van der Waals surface area contributed by atoms with Crippen molar-refractivity contribution in [2.75, 3.05) is 0 Å². The Labute approximate surface area is 146 Å². The number of carbonyl (C=O) groups is 3. The van der Waals surface area contributed by atoms with Crippen LogP contribution in [0.2, 0.25) is 0 Å². The zero-order chi connectivity index (χ0) is 18.4. The molecule has 0 atom stereocenters. The fourth-order valence-electron chi connectivity index (χ4n) is 2.51. The molecule has 2 N–H and O–H groups in total. The summed E-state index contributed by atoms with van der Waals surface area (Å²) in [5, 5.41) is 17.1. The van der Waals surface area contributed by atoms with Crippen LogP contribution in [0.15, 0.2) is 35.4 Å². The number of benzene rings is 1. The summed E-state index contributed by atoms with van der Waals surface area (Å²) < 4.78 is 0. The highest BCUT2D eigenvalue weighted by molar-refractivity contribution is 6.39. The van der Waals surface area contributed by atoms with E-state index in [0.717, 1.165) is 5.56 Å². The van der Waals surface area contributed by atoms with Crippen molar-refractivity contribution >= 4 is 23.5 Å². The number of hydrogen-bond donors (Lipinski definition) is 2. The molecule has 1 aliphatic heterocycles. The second-order valence-corrected chi connectivity index (χ2v) is 6.72. The van der Waals surface area contributed by atoms with E-state index in [-0.39, 0.29) is 31.1 Å². The van der Waals surface area contributed by atoms with Crippen molar-refractivity contribution in [2.24, 2.45) is 5.10 Å². The summed E-state index contributed by atoms with van der Waals surface area (Å²) in [6.07, 6.45) is 0.798. The molecule has 0 saturated heterocycles. The van der Waals surface area contributed by atoms with Crippen molar-refractivity contribution < 1.29 is 19.5 Å². The molecule has 1 aromatic carbocycles. The van der Waals surface area contributed by atoms with E-state index in [2.05, 4.69) is 10.4 Å². The van der Waals surface area contributed by atoms with Gasteiger partial charge in [-0.25, -0.2) is 5.01 Å². The molecule has 7 heteroatoms. The number of nitrogens with one attached hydrogen (secondary N) is 1. The number of aliphatic carboxylic acids is 1. The standard InChI is InChI=1S/C18H23N3O4/c1-18(2,11-10-16(23)24)19-17(25)14-8-9-15(22)21(20-14)12-13-6-4-3-5-7-13/h3-7H,8-12H2,1-2H3,(H,19,25)(H,23,24). The van der Waals surface area contributed by atoms with Crippen molar-refractivity contribution in [3.63, 3.8) is 0 Å². The molecule has 0 aromatic heterocycles. The molecule has 0 bridgehead atoms. The number of hydrazone groups is 1. The quantitative estimate of drug-likeness (QED) is 0.788. The van der Waals surface area contributed by atoms with Crippen LogP contribution in [-0.2, 0) is 20.9 Å². The molecule has 25 heavy (non-hydrogen) atoms. The summed E-state index contributed by atoms with van der Waals surface area (Å²) in [4.78, 5) is 35.2. The Balaban J connectivity index is 2.04. The van der Waals surface area contributed by atoms with Gasteiger partial charge in [-0.3, -0.25) is 14.4 Å². The third kappa shape index (κ3) is 5.70. The van der Waals surface area contributed by atoms with Crippen LogP contribution in [0.4, 0.5) is 0 Å². The summed E-state index contributed by atoms with van der Waals surface area (Å²) in [6, 6.07) is 9.44. The second-order valence-electron chi connectivity index (χ2n) is 6.72. The average molecular weight is 345 g/mol. The highest BCUT2D eigenvalue weighted by Gasteiger charge is 2.28. The summed E-state index contributed by atoms with van der Waals surface area (Å²) in [5.74, 6) is -1.39. The number of nitrogens with zero attached hydrogens (tertiary/aromatic N) is 2. The topological polar surface area (TPSA) is 99.1 Å².